The minimum atomic E-state index is -0.387. The van der Waals surface area contributed by atoms with Crippen LogP contribution in [0.3, 0.4) is 0 Å². The number of rotatable bonds is 3. The molecule has 4 heteroatoms. The maximum atomic E-state index is 11.2. The van der Waals surface area contributed by atoms with Crippen molar-refractivity contribution < 1.29 is 9.53 Å². The second-order valence-corrected chi connectivity index (χ2v) is 2.67. The summed E-state index contributed by atoms with van der Waals surface area (Å²) in [5.74, 6) is -0.387. The number of aromatic nitrogens is 2. The fourth-order valence-corrected chi connectivity index (χ4v) is 0.854. The van der Waals surface area contributed by atoms with Crippen molar-refractivity contribution in [3.05, 3.63) is 24.0 Å². The summed E-state index contributed by atoms with van der Waals surface area (Å²) in [6, 6.07) is 1.63. The van der Waals surface area contributed by atoms with Crippen LogP contribution >= 0.6 is 0 Å². The Hall–Kier alpha value is -1.58. The summed E-state index contributed by atoms with van der Waals surface area (Å²) >= 11 is 0. The van der Waals surface area contributed by atoms with Crippen LogP contribution in [0.25, 0.3) is 5.57 Å². The third kappa shape index (κ3) is 2.18. The molecule has 1 aromatic heterocycles. The van der Waals surface area contributed by atoms with Gasteiger partial charge in [-0.1, -0.05) is 6.58 Å². The molecule has 0 amide bonds. The second kappa shape index (κ2) is 3.89. The van der Waals surface area contributed by atoms with Crippen molar-refractivity contribution in [2.45, 2.75) is 13.8 Å². The van der Waals surface area contributed by atoms with Crippen LogP contribution in [0.2, 0.25) is 0 Å². The number of carbonyl (C=O) groups excluding carboxylic acids is 1. The molecular weight excluding hydrogens is 168 g/mol. The van der Waals surface area contributed by atoms with E-state index in [9.17, 15) is 4.79 Å². The summed E-state index contributed by atoms with van der Waals surface area (Å²) in [6.07, 6.45) is 0. The average molecular weight is 180 g/mol. The lowest BCUT2D eigenvalue weighted by Crippen LogP contribution is -2.04. The van der Waals surface area contributed by atoms with Crippen LogP contribution in [0.15, 0.2) is 12.6 Å². The molecule has 0 bridgehead atoms. The first kappa shape index (κ1) is 9.51. The first-order valence-corrected chi connectivity index (χ1v) is 4.03. The Labute approximate surface area is 76.6 Å². The van der Waals surface area contributed by atoms with Crippen molar-refractivity contribution in [1.29, 1.82) is 0 Å². The molecule has 0 unspecified atom stereocenters. The summed E-state index contributed by atoms with van der Waals surface area (Å²) in [5.41, 5.74) is 1.86. The molecule has 0 aromatic carbocycles. The van der Waals surface area contributed by atoms with Gasteiger partial charge in [-0.05, 0) is 25.5 Å². The van der Waals surface area contributed by atoms with Crippen LogP contribution < -0.4 is 0 Å². The van der Waals surface area contributed by atoms with E-state index in [4.69, 9.17) is 4.74 Å². The number of nitrogens with zero attached hydrogens (tertiary/aromatic N) is 1. The highest BCUT2D eigenvalue weighted by molar-refractivity contribution is 5.88. The zero-order valence-electron chi connectivity index (χ0n) is 7.76. The van der Waals surface area contributed by atoms with Gasteiger partial charge in [0.2, 0.25) is 0 Å². The molecule has 1 rings (SSSR count). The molecule has 13 heavy (non-hydrogen) atoms. The van der Waals surface area contributed by atoms with E-state index < -0.39 is 0 Å². The van der Waals surface area contributed by atoms with Gasteiger partial charge in [0.05, 0.1) is 12.3 Å². The molecule has 0 spiro atoms. The lowest BCUT2D eigenvalue weighted by molar-refractivity contribution is 0.0519. The van der Waals surface area contributed by atoms with Crippen molar-refractivity contribution >= 4 is 11.5 Å². The lowest BCUT2D eigenvalue weighted by atomic mass is 10.2. The number of H-pyrrole nitrogens is 1. The summed E-state index contributed by atoms with van der Waals surface area (Å²) in [6.45, 7) is 7.65. The van der Waals surface area contributed by atoms with E-state index in [1.54, 1.807) is 13.0 Å². The van der Waals surface area contributed by atoms with Crippen molar-refractivity contribution in [3.8, 4) is 0 Å². The molecule has 0 aliphatic carbocycles. The monoisotopic (exact) mass is 180 g/mol. The molecular formula is C9H12N2O2. The number of allylic oxidation sites excluding steroid dienone is 1. The number of esters is 1. The Morgan fingerprint density at radius 2 is 2.46 bits per heavy atom. The average Bonchev–Trinajstić information content (AvgIpc) is 2.52. The minimum absolute atomic E-state index is 0.361. The van der Waals surface area contributed by atoms with Crippen LogP contribution in [0.4, 0.5) is 0 Å². The van der Waals surface area contributed by atoms with E-state index >= 15 is 0 Å². The SMILES string of the molecule is C=C(C)c1cc(C(=O)OCC)[nH]n1. The van der Waals surface area contributed by atoms with Gasteiger partial charge in [0.25, 0.3) is 0 Å². The van der Waals surface area contributed by atoms with E-state index in [1.165, 1.54) is 0 Å². The molecule has 1 heterocycles. The number of nitrogens with one attached hydrogen (secondary N) is 1. The molecule has 1 aromatic rings. The van der Waals surface area contributed by atoms with Gasteiger partial charge in [0.1, 0.15) is 5.69 Å². The van der Waals surface area contributed by atoms with Crippen molar-refractivity contribution in [1.82, 2.24) is 10.2 Å². The molecule has 4 nitrogen and oxygen atoms in total. The molecule has 0 atom stereocenters. The molecule has 70 valence electrons. The van der Waals surface area contributed by atoms with Crippen LogP contribution in [-0.2, 0) is 4.74 Å². The Kier molecular flexibility index (Phi) is 2.84. The first-order chi connectivity index (χ1) is 6.15. The van der Waals surface area contributed by atoms with Gasteiger partial charge >= 0.3 is 5.97 Å². The Bertz CT molecular complexity index is 328. The third-order valence-electron chi connectivity index (χ3n) is 1.51. The first-order valence-electron chi connectivity index (χ1n) is 4.03. The normalized spacial score (nSPS) is 9.69. The lowest BCUT2D eigenvalue weighted by Gasteiger charge is -1.95. The Balaban J connectivity index is 2.79. The van der Waals surface area contributed by atoms with Crippen LogP contribution in [0.1, 0.15) is 30.0 Å². The highest BCUT2D eigenvalue weighted by atomic mass is 16.5. The summed E-state index contributed by atoms with van der Waals surface area (Å²) in [7, 11) is 0. The zero-order chi connectivity index (χ0) is 9.84. The number of hydrogen-bond acceptors (Lipinski definition) is 3. The van der Waals surface area contributed by atoms with E-state index in [-0.39, 0.29) is 5.97 Å². The maximum Gasteiger partial charge on any atom is 0.356 e. The van der Waals surface area contributed by atoms with E-state index in [0.717, 1.165) is 5.57 Å². The Morgan fingerprint density at radius 1 is 1.77 bits per heavy atom. The van der Waals surface area contributed by atoms with E-state index in [2.05, 4.69) is 16.8 Å². The molecule has 0 aliphatic rings. The predicted molar refractivity (Wildman–Crippen MR) is 49.3 cm³/mol. The fraction of sp³-hybridized carbons (Fsp3) is 0.333. The number of aromatic amines is 1. The van der Waals surface area contributed by atoms with Gasteiger partial charge in [-0.25, -0.2) is 4.79 Å². The van der Waals surface area contributed by atoms with E-state index in [1.807, 2.05) is 6.92 Å². The number of ether oxygens (including phenoxy) is 1. The van der Waals surface area contributed by atoms with Crippen LogP contribution in [0.5, 0.6) is 0 Å². The molecule has 0 saturated carbocycles. The molecule has 1 N–H and O–H groups in total. The Morgan fingerprint density at radius 3 is 2.92 bits per heavy atom. The predicted octanol–water partition coefficient (Wildman–Crippen LogP) is 1.62. The van der Waals surface area contributed by atoms with Crippen LogP contribution in [-0.4, -0.2) is 22.8 Å². The summed E-state index contributed by atoms with van der Waals surface area (Å²) in [4.78, 5) is 11.2. The van der Waals surface area contributed by atoms with Crippen molar-refractivity contribution in [2.24, 2.45) is 0 Å². The minimum Gasteiger partial charge on any atom is -0.461 e. The number of carbonyl (C=O) groups is 1. The zero-order valence-corrected chi connectivity index (χ0v) is 7.76. The quantitative estimate of drug-likeness (QED) is 0.719. The van der Waals surface area contributed by atoms with Gasteiger partial charge in [0, 0.05) is 0 Å². The van der Waals surface area contributed by atoms with Crippen molar-refractivity contribution in [3.63, 3.8) is 0 Å². The van der Waals surface area contributed by atoms with Crippen molar-refractivity contribution in [2.75, 3.05) is 6.61 Å². The summed E-state index contributed by atoms with van der Waals surface area (Å²) in [5, 5.41) is 6.48. The number of hydrogen-bond donors (Lipinski definition) is 1. The van der Waals surface area contributed by atoms with Gasteiger partial charge in [-0.2, -0.15) is 5.10 Å². The topological polar surface area (TPSA) is 55.0 Å². The maximum absolute atomic E-state index is 11.2. The smallest absolute Gasteiger partial charge is 0.356 e. The molecule has 0 radical (unpaired) electrons. The van der Waals surface area contributed by atoms with Crippen LogP contribution in [0, 0.1) is 0 Å². The molecule has 0 aliphatic heterocycles. The van der Waals surface area contributed by atoms with Gasteiger partial charge in [-0.3, -0.25) is 5.10 Å². The molecule has 0 saturated heterocycles. The second-order valence-electron chi connectivity index (χ2n) is 2.67. The van der Waals surface area contributed by atoms with E-state index in [0.29, 0.717) is 18.0 Å². The largest absolute Gasteiger partial charge is 0.461 e. The standard InChI is InChI=1S/C9H12N2O2/c1-4-13-9(12)8-5-7(6(2)3)10-11-8/h5H,2,4H2,1,3H3,(H,10,11). The highest BCUT2D eigenvalue weighted by Gasteiger charge is 2.10. The van der Waals surface area contributed by atoms with Gasteiger partial charge in [0.15, 0.2) is 0 Å². The summed E-state index contributed by atoms with van der Waals surface area (Å²) < 4.78 is 4.78. The molecule has 0 fully saturated rings. The fourth-order valence-electron chi connectivity index (χ4n) is 0.854. The van der Waals surface area contributed by atoms with Gasteiger partial charge in [-0.15, -0.1) is 0 Å². The third-order valence-corrected chi connectivity index (χ3v) is 1.51. The van der Waals surface area contributed by atoms with Gasteiger partial charge < -0.3 is 4.74 Å². The highest BCUT2D eigenvalue weighted by Crippen LogP contribution is 2.09.